The highest BCUT2D eigenvalue weighted by atomic mass is 16.6. The monoisotopic (exact) mass is 395 g/mol. The minimum Gasteiger partial charge on any atom is -0.497 e. The van der Waals surface area contributed by atoms with Crippen molar-refractivity contribution in [3.8, 4) is 5.75 Å². The fraction of sp³-hybridized carbons (Fsp3) is 0.273. The lowest BCUT2D eigenvalue weighted by Crippen LogP contribution is -2.34. The van der Waals surface area contributed by atoms with E-state index in [2.05, 4.69) is 0 Å². The molecule has 0 aromatic heterocycles. The summed E-state index contributed by atoms with van der Waals surface area (Å²) in [5.41, 5.74) is 2.23. The maximum absolute atomic E-state index is 12.9. The van der Waals surface area contributed by atoms with E-state index in [0.717, 1.165) is 11.1 Å². The number of methoxy groups -OCH3 is 1. The van der Waals surface area contributed by atoms with E-state index in [1.165, 1.54) is 18.2 Å². The average Bonchev–Trinajstić information content (AvgIpc) is 2.73. The molecule has 0 amide bonds. The first-order valence-corrected chi connectivity index (χ1v) is 9.24. The summed E-state index contributed by atoms with van der Waals surface area (Å²) in [5, 5.41) is 11.0. The van der Waals surface area contributed by atoms with Gasteiger partial charge in [0.05, 0.1) is 18.6 Å². The standard InChI is InChI=1S/C22H21NO6/c1-3-29-22(25)21-19(14-7-9-17(10-8-14)23(26)27)12-16(13-20(21)24)15-5-4-6-18(11-15)28-2/h4-11,13,19,21H,3,12H2,1-2H3/t19-,21+/m0/s1. The summed E-state index contributed by atoms with van der Waals surface area (Å²) in [7, 11) is 1.57. The Labute approximate surface area is 168 Å². The lowest BCUT2D eigenvalue weighted by Gasteiger charge is -2.29. The second kappa shape index (κ2) is 8.68. The molecule has 0 heterocycles. The molecule has 3 rings (SSSR count). The van der Waals surface area contributed by atoms with E-state index in [0.29, 0.717) is 17.7 Å². The normalized spacial score (nSPS) is 18.7. The van der Waals surface area contributed by atoms with Gasteiger partial charge in [-0.1, -0.05) is 24.3 Å². The number of carbonyl (C=O) groups excluding carboxylic acids is 2. The number of allylic oxidation sites excluding steroid dienone is 2. The first-order valence-electron chi connectivity index (χ1n) is 9.24. The summed E-state index contributed by atoms with van der Waals surface area (Å²) >= 11 is 0. The smallest absolute Gasteiger partial charge is 0.317 e. The molecule has 7 heteroatoms. The third kappa shape index (κ3) is 4.34. The lowest BCUT2D eigenvalue weighted by atomic mass is 9.73. The molecule has 150 valence electrons. The molecular weight excluding hydrogens is 374 g/mol. The van der Waals surface area contributed by atoms with Gasteiger partial charge in [-0.2, -0.15) is 0 Å². The number of nitrogens with zero attached hydrogens (tertiary/aromatic N) is 1. The summed E-state index contributed by atoms with van der Waals surface area (Å²) in [4.78, 5) is 35.9. The predicted octanol–water partition coefficient (Wildman–Crippen LogP) is 3.92. The highest BCUT2D eigenvalue weighted by molar-refractivity contribution is 6.10. The van der Waals surface area contributed by atoms with Gasteiger partial charge < -0.3 is 9.47 Å². The van der Waals surface area contributed by atoms with E-state index in [1.807, 2.05) is 24.3 Å². The van der Waals surface area contributed by atoms with Crippen molar-refractivity contribution in [2.24, 2.45) is 5.92 Å². The molecular formula is C22H21NO6. The number of ketones is 1. The number of nitro benzene ring substituents is 1. The predicted molar refractivity (Wildman–Crippen MR) is 107 cm³/mol. The van der Waals surface area contributed by atoms with Crippen molar-refractivity contribution in [3.05, 3.63) is 75.8 Å². The number of nitro groups is 1. The van der Waals surface area contributed by atoms with Gasteiger partial charge in [-0.05, 0) is 48.3 Å². The lowest BCUT2D eigenvalue weighted by molar-refractivity contribution is -0.384. The Morgan fingerprint density at radius 3 is 2.55 bits per heavy atom. The molecule has 1 aliphatic rings. The van der Waals surface area contributed by atoms with E-state index in [1.54, 1.807) is 26.2 Å². The zero-order chi connectivity index (χ0) is 21.0. The number of rotatable bonds is 6. The first-order chi connectivity index (χ1) is 13.9. The average molecular weight is 395 g/mol. The van der Waals surface area contributed by atoms with Crippen molar-refractivity contribution in [2.45, 2.75) is 19.3 Å². The molecule has 2 atom stereocenters. The van der Waals surface area contributed by atoms with Gasteiger partial charge in [-0.15, -0.1) is 0 Å². The molecule has 0 unspecified atom stereocenters. The van der Waals surface area contributed by atoms with Crippen LogP contribution in [0.25, 0.3) is 5.57 Å². The Kier molecular flexibility index (Phi) is 6.07. The summed E-state index contributed by atoms with van der Waals surface area (Å²) in [5.74, 6) is -1.72. The third-order valence-corrected chi connectivity index (χ3v) is 4.98. The van der Waals surface area contributed by atoms with Crippen LogP contribution in [0.4, 0.5) is 5.69 Å². The van der Waals surface area contributed by atoms with Crippen LogP contribution in [-0.4, -0.2) is 30.4 Å². The van der Waals surface area contributed by atoms with Crippen molar-refractivity contribution in [1.82, 2.24) is 0 Å². The fourth-order valence-corrected chi connectivity index (χ4v) is 3.56. The van der Waals surface area contributed by atoms with Gasteiger partial charge in [0.2, 0.25) is 0 Å². The molecule has 0 bridgehead atoms. The topological polar surface area (TPSA) is 95.7 Å². The Hall–Kier alpha value is -3.48. The van der Waals surface area contributed by atoms with Crippen molar-refractivity contribution < 1.29 is 24.0 Å². The van der Waals surface area contributed by atoms with Crippen LogP contribution in [0.2, 0.25) is 0 Å². The summed E-state index contributed by atoms with van der Waals surface area (Å²) < 4.78 is 10.4. The second-order valence-corrected chi connectivity index (χ2v) is 6.69. The van der Waals surface area contributed by atoms with Gasteiger partial charge in [0.1, 0.15) is 11.7 Å². The molecule has 29 heavy (non-hydrogen) atoms. The molecule has 0 N–H and O–H groups in total. The molecule has 7 nitrogen and oxygen atoms in total. The number of hydrogen-bond acceptors (Lipinski definition) is 6. The minimum absolute atomic E-state index is 0.0490. The number of benzene rings is 2. The molecule has 0 spiro atoms. The van der Waals surface area contributed by atoms with Crippen LogP contribution in [0.3, 0.4) is 0 Å². The van der Waals surface area contributed by atoms with Gasteiger partial charge >= 0.3 is 5.97 Å². The molecule has 0 fully saturated rings. The van der Waals surface area contributed by atoms with Gasteiger partial charge in [-0.3, -0.25) is 19.7 Å². The SMILES string of the molecule is CCOC(=O)[C@H]1C(=O)C=C(c2cccc(OC)c2)C[C@H]1c1ccc([N+](=O)[O-])cc1. The third-order valence-electron chi connectivity index (χ3n) is 4.98. The van der Waals surface area contributed by atoms with E-state index in [4.69, 9.17) is 9.47 Å². The largest absolute Gasteiger partial charge is 0.497 e. The molecule has 2 aromatic rings. The van der Waals surface area contributed by atoms with E-state index in [9.17, 15) is 19.7 Å². The van der Waals surface area contributed by atoms with Crippen LogP contribution in [0, 0.1) is 16.0 Å². The number of esters is 1. The first kappa shape index (κ1) is 20.3. The Morgan fingerprint density at radius 2 is 1.93 bits per heavy atom. The molecule has 0 saturated carbocycles. The number of non-ortho nitro benzene ring substituents is 1. The quantitative estimate of drug-likeness (QED) is 0.318. The van der Waals surface area contributed by atoms with E-state index >= 15 is 0 Å². The Balaban J connectivity index is 2.02. The maximum Gasteiger partial charge on any atom is 0.317 e. The van der Waals surface area contributed by atoms with Gasteiger partial charge in [0.25, 0.3) is 5.69 Å². The summed E-state index contributed by atoms with van der Waals surface area (Å²) in [6, 6.07) is 13.3. The second-order valence-electron chi connectivity index (χ2n) is 6.69. The summed E-state index contributed by atoms with van der Waals surface area (Å²) in [6.07, 6.45) is 1.90. The van der Waals surface area contributed by atoms with Crippen molar-refractivity contribution in [2.75, 3.05) is 13.7 Å². The number of ether oxygens (including phenoxy) is 2. The molecule has 0 aliphatic heterocycles. The van der Waals surface area contributed by atoms with Crippen LogP contribution < -0.4 is 4.74 Å². The summed E-state index contributed by atoms with van der Waals surface area (Å²) in [6.45, 7) is 1.85. The molecule has 2 aromatic carbocycles. The minimum atomic E-state index is -0.981. The van der Waals surface area contributed by atoms with Crippen molar-refractivity contribution in [1.29, 1.82) is 0 Å². The highest BCUT2D eigenvalue weighted by Crippen LogP contribution is 2.41. The zero-order valence-electron chi connectivity index (χ0n) is 16.2. The highest BCUT2D eigenvalue weighted by Gasteiger charge is 2.39. The van der Waals surface area contributed by atoms with Crippen LogP contribution in [0.5, 0.6) is 5.75 Å². The van der Waals surface area contributed by atoms with Crippen LogP contribution in [0.1, 0.15) is 30.4 Å². The fourth-order valence-electron chi connectivity index (χ4n) is 3.56. The molecule has 0 radical (unpaired) electrons. The van der Waals surface area contributed by atoms with Crippen LogP contribution in [-0.2, 0) is 14.3 Å². The van der Waals surface area contributed by atoms with E-state index in [-0.39, 0.29) is 18.1 Å². The Morgan fingerprint density at radius 1 is 1.21 bits per heavy atom. The zero-order valence-corrected chi connectivity index (χ0v) is 16.2. The van der Waals surface area contributed by atoms with Crippen molar-refractivity contribution >= 4 is 23.0 Å². The van der Waals surface area contributed by atoms with Crippen molar-refractivity contribution in [3.63, 3.8) is 0 Å². The van der Waals surface area contributed by atoms with Crippen LogP contribution >= 0.6 is 0 Å². The molecule has 1 aliphatic carbocycles. The van der Waals surface area contributed by atoms with Gasteiger partial charge in [0, 0.05) is 18.1 Å². The van der Waals surface area contributed by atoms with E-state index < -0.39 is 22.7 Å². The van der Waals surface area contributed by atoms with Gasteiger partial charge in [-0.25, -0.2) is 0 Å². The molecule has 0 saturated heterocycles. The Bertz CT molecular complexity index is 964. The number of hydrogen-bond donors (Lipinski definition) is 0. The van der Waals surface area contributed by atoms with Crippen LogP contribution in [0.15, 0.2) is 54.6 Å². The maximum atomic E-state index is 12.9. The number of carbonyl (C=O) groups is 2. The van der Waals surface area contributed by atoms with Gasteiger partial charge in [0.15, 0.2) is 5.78 Å².